The fourth-order valence-electron chi connectivity index (χ4n) is 3.63. The Balaban J connectivity index is 2.11. The molecular weight excluding hydrogens is 320 g/mol. The normalized spacial score (nSPS) is 18.7. The summed E-state index contributed by atoms with van der Waals surface area (Å²) in [5.74, 6) is -0.851. The Labute approximate surface area is 144 Å². The number of carbonyl (C=O) groups excluding carboxylic acids is 1. The molecule has 0 fully saturated rings. The van der Waals surface area contributed by atoms with E-state index in [4.69, 9.17) is 0 Å². The maximum Gasteiger partial charge on any atom is 0.336 e. The van der Waals surface area contributed by atoms with Gasteiger partial charge in [-0.2, -0.15) is 0 Å². The molecule has 3 nitrogen and oxygen atoms in total. The first-order valence-electron chi connectivity index (χ1n) is 7.94. The van der Waals surface area contributed by atoms with E-state index in [-0.39, 0.29) is 17.3 Å². The number of aromatic carboxylic acids is 1. The van der Waals surface area contributed by atoms with Crippen LogP contribution in [0.2, 0.25) is 0 Å². The molecule has 0 saturated heterocycles. The summed E-state index contributed by atoms with van der Waals surface area (Å²) in [7, 11) is 0. The molecule has 4 rings (SSSR count). The summed E-state index contributed by atoms with van der Waals surface area (Å²) in [6.07, 6.45) is 8.43. The Morgan fingerprint density at radius 3 is 2.62 bits per heavy atom. The van der Waals surface area contributed by atoms with Crippen molar-refractivity contribution < 1.29 is 14.7 Å². The average molecular weight is 336 g/mol. The molecule has 1 aliphatic carbocycles. The minimum absolute atomic E-state index is 0.103. The van der Waals surface area contributed by atoms with Crippen molar-refractivity contribution in [1.29, 1.82) is 0 Å². The van der Waals surface area contributed by atoms with Gasteiger partial charge in [0, 0.05) is 27.1 Å². The zero-order valence-electron chi connectivity index (χ0n) is 13.2. The van der Waals surface area contributed by atoms with Crippen LogP contribution in [0.5, 0.6) is 0 Å². The van der Waals surface area contributed by atoms with Gasteiger partial charge in [0.2, 0.25) is 0 Å². The fourth-order valence-corrected chi connectivity index (χ4v) is 4.88. The first-order valence-corrected chi connectivity index (χ1v) is 8.76. The van der Waals surface area contributed by atoms with Gasteiger partial charge in [-0.1, -0.05) is 42.1 Å². The Kier molecular flexibility index (Phi) is 3.57. The van der Waals surface area contributed by atoms with Crippen molar-refractivity contribution in [3.8, 4) is 0 Å². The van der Waals surface area contributed by atoms with Crippen LogP contribution in [0.3, 0.4) is 0 Å². The number of thioether (sulfide) groups is 1. The van der Waals surface area contributed by atoms with E-state index in [1.807, 2.05) is 12.1 Å². The molecule has 1 atom stereocenters. The number of carbonyl (C=O) groups is 2. The molecule has 2 aliphatic rings. The molecule has 2 aromatic rings. The van der Waals surface area contributed by atoms with E-state index in [1.165, 1.54) is 11.8 Å². The second kappa shape index (κ2) is 5.64. The first kappa shape index (κ1) is 15.2. The van der Waals surface area contributed by atoms with Crippen molar-refractivity contribution in [3.63, 3.8) is 0 Å². The molecule has 1 aliphatic heterocycles. The van der Waals surface area contributed by atoms with Gasteiger partial charge in [-0.05, 0) is 42.4 Å². The Hall–Kier alpha value is -2.33. The first-order chi connectivity index (χ1) is 11.6. The van der Waals surface area contributed by atoms with Crippen LogP contribution in [0.1, 0.15) is 52.0 Å². The smallest absolute Gasteiger partial charge is 0.336 e. The van der Waals surface area contributed by atoms with Gasteiger partial charge in [0.1, 0.15) is 0 Å². The molecule has 2 aromatic carbocycles. The molecule has 1 N–H and O–H groups in total. The summed E-state index contributed by atoms with van der Waals surface area (Å²) >= 11 is 1.70. The number of carboxylic acids is 1. The maximum atomic E-state index is 12.1. The molecule has 0 spiro atoms. The lowest BCUT2D eigenvalue weighted by Crippen LogP contribution is -2.10. The Bertz CT molecular complexity index is 933. The third-order valence-electron chi connectivity index (χ3n) is 4.70. The van der Waals surface area contributed by atoms with Crippen molar-refractivity contribution >= 4 is 34.3 Å². The molecule has 1 heterocycles. The molecule has 0 radical (unpaired) electrons. The van der Waals surface area contributed by atoms with Gasteiger partial charge in [0.05, 0.1) is 5.56 Å². The van der Waals surface area contributed by atoms with Crippen LogP contribution in [-0.4, -0.2) is 16.9 Å². The number of ketones is 1. The van der Waals surface area contributed by atoms with E-state index < -0.39 is 5.97 Å². The van der Waals surface area contributed by atoms with Gasteiger partial charge in [-0.15, -0.1) is 0 Å². The van der Waals surface area contributed by atoms with Gasteiger partial charge in [-0.25, -0.2) is 4.79 Å². The lowest BCUT2D eigenvalue weighted by molar-refractivity contribution is 0.0699. The minimum atomic E-state index is -0.992. The number of hydrogen-bond acceptors (Lipinski definition) is 3. The fraction of sp³-hybridized carbons (Fsp3) is 0.200. The Morgan fingerprint density at radius 2 is 1.88 bits per heavy atom. The number of rotatable bonds is 2. The molecule has 0 amide bonds. The summed E-state index contributed by atoms with van der Waals surface area (Å²) < 4.78 is 0. The van der Waals surface area contributed by atoms with Crippen LogP contribution in [-0.2, 0) is 0 Å². The van der Waals surface area contributed by atoms with E-state index in [0.29, 0.717) is 10.9 Å². The van der Waals surface area contributed by atoms with Crippen LogP contribution < -0.4 is 0 Å². The van der Waals surface area contributed by atoms with Crippen LogP contribution in [0, 0.1) is 0 Å². The van der Waals surface area contributed by atoms with E-state index in [9.17, 15) is 14.7 Å². The Morgan fingerprint density at radius 1 is 1.08 bits per heavy atom. The SMILES string of the molecule is CC(=O)c1ccc2c3c(ccc(C(=O)O)c13)SC1=CCC=CCC12. The summed E-state index contributed by atoms with van der Waals surface area (Å²) in [5.41, 5.74) is 1.83. The number of Topliss-reactive ketones (excluding diaryl/α,β-unsaturated/α-hetero) is 1. The van der Waals surface area contributed by atoms with Crippen molar-refractivity contribution in [2.75, 3.05) is 0 Å². The van der Waals surface area contributed by atoms with E-state index in [2.05, 4.69) is 18.2 Å². The van der Waals surface area contributed by atoms with Crippen molar-refractivity contribution in [2.24, 2.45) is 0 Å². The second-order valence-corrected chi connectivity index (χ2v) is 7.24. The van der Waals surface area contributed by atoms with Crippen molar-refractivity contribution in [3.05, 3.63) is 64.1 Å². The third kappa shape index (κ3) is 2.21. The number of carboxylic acid groups (broad SMARTS) is 1. The highest BCUT2D eigenvalue weighted by atomic mass is 32.2. The van der Waals surface area contributed by atoms with Gasteiger partial charge in [-0.3, -0.25) is 4.79 Å². The monoisotopic (exact) mass is 336 g/mol. The molecule has 0 aromatic heterocycles. The van der Waals surface area contributed by atoms with Gasteiger partial charge in [0.25, 0.3) is 0 Å². The zero-order valence-corrected chi connectivity index (χ0v) is 14.0. The van der Waals surface area contributed by atoms with Gasteiger partial charge in [0.15, 0.2) is 5.78 Å². The number of allylic oxidation sites excluding steroid dienone is 4. The highest BCUT2D eigenvalue weighted by Gasteiger charge is 2.29. The minimum Gasteiger partial charge on any atom is -0.478 e. The standard InChI is InChI=1S/C20H16O3S/c1-11(21)12-7-8-14-13-5-3-2-4-6-16(13)24-17-10-9-15(20(22)23)18(12)19(14)17/h2-3,6-10,13H,4-5H2,1H3,(H,22,23). The predicted molar refractivity (Wildman–Crippen MR) is 96.0 cm³/mol. The molecule has 24 heavy (non-hydrogen) atoms. The highest BCUT2D eigenvalue weighted by molar-refractivity contribution is 8.03. The third-order valence-corrected chi connectivity index (χ3v) is 5.95. The van der Waals surface area contributed by atoms with Crippen LogP contribution in [0.4, 0.5) is 0 Å². The summed E-state index contributed by atoms with van der Waals surface area (Å²) in [6, 6.07) is 7.29. The number of hydrogen-bond donors (Lipinski definition) is 1. The van der Waals surface area contributed by atoms with Gasteiger partial charge < -0.3 is 5.11 Å². The second-order valence-electron chi connectivity index (χ2n) is 6.13. The molecule has 4 heteroatoms. The lowest BCUT2D eigenvalue weighted by atomic mass is 9.86. The van der Waals surface area contributed by atoms with E-state index in [1.54, 1.807) is 23.9 Å². The van der Waals surface area contributed by atoms with Crippen molar-refractivity contribution in [2.45, 2.75) is 30.6 Å². The van der Waals surface area contributed by atoms with E-state index >= 15 is 0 Å². The molecule has 120 valence electrons. The molecule has 1 unspecified atom stereocenters. The van der Waals surface area contributed by atoms with E-state index in [0.717, 1.165) is 28.7 Å². The molecule has 0 saturated carbocycles. The highest BCUT2D eigenvalue weighted by Crippen LogP contribution is 2.51. The van der Waals surface area contributed by atoms with Crippen LogP contribution in [0.15, 0.2) is 52.3 Å². The quantitative estimate of drug-likeness (QED) is 0.607. The maximum absolute atomic E-state index is 12.1. The summed E-state index contributed by atoms with van der Waals surface area (Å²) in [4.78, 5) is 26.1. The average Bonchev–Trinajstić information content (AvgIpc) is 2.80. The van der Waals surface area contributed by atoms with Crippen LogP contribution in [0.25, 0.3) is 10.8 Å². The zero-order chi connectivity index (χ0) is 16.8. The summed E-state index contributed by atoms with van der Waals surface area (Å²) in [6.45, 7) is 1.49. The molecular formula is C20H16O3S. The van der Waals surface area contributed by atoms with Crippen LogP contribution >= 0.6 is 11.8 Å². The number of benzene rings is 2. The topological polar surface area (TPSA) is 54.4 Å². The lowest BCUT2D eigenvalue weighted by Gasteiger charge is -2.28. The predicted octanol–water partition coefficient (Wildman–Crippen LogP) is 5.16. The largest absolute Gasteiger partial charge is 0.478 e. The van der Waals surface area contributed by atoms with Gasteiger partial charge >= 0.3 is 5.97 Å². The van der Waals surface area contributed by atoms with Crippen molar-refractivity contribution in [1.82, 2.24) is 0 Å². The number of fused-ring (bicyclic) bond motifs is 2. The molecule has 0 bridgehead atoms. The summed E-state index contributed by atoms with van der Waals surface area (Å²) in [5, 5.41) is 11.1.